The molecule has 0 saturated heterocycles. The zero-order chi connectivity index (χ0) is 13.3. The Labute approximate surface area is 113 Å². The Bertz CT molecular complexity index is 568. The van der Waals surface area contributed by atoms with E-state index in [9.17, 15) is 0 Å². The van der Waals surface area contributed by atoms with E-state index in [-0.39, 0.29) is 0 Å². The molecular formula is C14H21N5. The van der Waals surface area contributed by atoms with Gasteiger partial charge in [0.25, 0.3) is 0 Å². The molecule has 19 heavy (non-hydrogen) atoms. The van der Waals surface area contributed by atoms with Crippen molar-refractivity contribution in [2.75, 3.05) is 11.9 Å². The van der Waals surface area contributed by atoms with E-state index in [1.54, 1.807) is 11.0 Å². The second-order valence-corrected chi connectivity index (χ2v) is 5.64. The summed E-state index contributed by atoms with van der Waals surface area (Å²) >= 11 is 0. The fraction of sp³-hybridized carbons (Fsp3) is 0.643. The highest BCUT2D eigenvalue weighted by Gasteiger charge is 2.31. The summed E-state index contributed by atoms with van der Waals surface area (Å²) in [6.45, 7) is 3.30. The fourth-order valence-corrected chi connectivity index (χ4v) is 3.15. The molecule has 0 spiro atoms. The van der Waals surface area contributed by atoms with Crippen molar-refractivity contribution in [1.29, 1.82) is 0 Å². The third-order valence-electron chi connectivity index (χ3n) is 4.57. The molecule has 1 fully saturated rings. The molecule has 2 heterocycles. The Morgan fingerprint density at radius 2 is 2.11 bits per heavy atom. The second kappa shape index (κ2) is 4.79. The summed E-state index contributed by atoms with van der Waals surface area (Å²) in [6, 6.07) is 0. The minimum Gasteiger partial charge on any atom is -0.369 e. The predicted molar refractivity (Wildman–Crippen MR) is 76.0 cm³/mol. The third kappa shape index (κ3) is 2.17. The van der Waals surface area contributed by atoms with E-state index in [4.69, 9.17) is 0 Å². The van der Waals surface area contributed by atoms with Crippen LogP contribution in [0.1, 0.15) is 39.0 Å². The number of anilines is 1. The Hall–Kier alpha value is -1.65. The number of fused-ring (bicyclic) bond motifs is 1. The van der Waals surface area contributed by atoms with Crippen LogP contribution in [0.2, 0.25) is 0 Å². The summed E-state index contributed by atoms with van der Waals surface area (Å²) in [4.78, 5) is 8.64. The summed E-state index contributed by atoms with van der Waals surface area (Å²) in [5.74, 6) is 0.915. The van der Waals surface area contributed by atoms with Crippen LogP contribution in [0.5, 0.6) is 0 Å². The van der Waals surface area contributed by atoms with Crippen LogP contribution in [-0.4, -0.2) is 26.3 Å². The highest BCUT2D eigenvalue weighted by atomic mass is 15.3. The van der Waals surface area contributed by atoms with Gasteiger partial charge >= 0.3 is 0 Å². The van der Waals surface area contributed by atoms with E-state index in [0.29, 0.717) is 5.41 Å². The maximum atomic E-state index is 4.37. The molecule has 0 bridgehead atoms. The van der Waals surface area contributed by atoms with E-state index in [0.717, 1.165) is 23.4 Å². The number of aryl methyl sites for hydroxylation is 1. The first-order valence-corrected chi connectivity index (χ1v) is 7.11. The van der Waals surface area contributed by atoms with Gasteiger partial charge in [0, 0.05) is 13.6 Å². The van der Waals surface area contributed by atoms with Crippen molar-refractivity contribution in [3.05, 3.63) is 12.5 Å². The van der Waals surface area contributed by atoms with Crippen molar-refractivity contribution < 1.29 is 0 Å². The summed E-state index contributed by atoms with van der Waals surface area (Å²) in [5, 5.41) is 8.79. The lowest BCUT2D eigenvalue weighted by atomic mass is 9.83. The van der Waals surface area contributed by atoms with Crippen molar-refractivity contribution in [3.8, 4) is 0 Å². The molecule has 1 aliphatic carbocycles. The Morgan fingerprint density at radius 1 is 1.32 bits per heavy atom. The Morgan fingerprint density at radius 3 is 2.84 bits per heavy atom. The SMILES string of the molecule is CCC1(CNc2ncnc3c2cnn3C)CCCC1. The van der Waals surface area contributed by atoms with Crippen LogP contribution in [0.25, 0.3) is 11.0 Å². The number of hydrogen-bond acceptors (Lipinski definition) is 4. The number of nitrogens with zero attached hydrogens (tertiary/aromatic N) is 4. The van der Waals surface area contributed by atoms with Gasteiger partial charge in [0.15, 0.2) is 5.65 Å². The van der Waals surface area contributed by atoms with Gasteiger partial charge in [0.2, 0.25) is 0 Å². The monoisotopic (exact) mass is 259 g/mol. The van der Waals surface area contributed by atoms with Crippen LogP contribution in [0.15, 0.2) is 12.5 Å². The van der Waals surface area contributed by atoms with E-state index in [2.05, 4.69) is 27.3 Å². The number of hydrogen-bond donors (Lipinski definition) is 1. The number of rotatable bonds is 4. The standard InChI is InChI=1S/C14H21N5/c1-3-14(6-4-5-7-14)9-15-12-11-8-18-19(2)13(11)17-10-16-12/h8,10H,3-7,9H2,1-2H3,(H,15,16,17). The van der Waals surface area contributed by atoms with Crippen LogP contribution in [0, 0.1) is 5.41 Å². The molecule has 5 nitrogen and oxygen atoms in total. The van der Waals surface area contributed by atoms with Gasteiger partial charge in [-0.25, -0.2) is 9.97 Å². The average Bonchev–Trinajstić information content (AvgIpc) is 3.05. The van der Waals surface area contributed by atoms with E-state index >= 15 is 0 Å². The van der Waals surface area contributed by atoms with Gasteiger partial charge in [-0.1, -0.05) is 19.8 Å². The summed E-state index contributed by atoms with van der Waals surface area (Å²) < 4.78 is 1.79. The van der Waals surface area contributed by atoms with E-state index < -0.39 is 0 Å². The van der Waals surface area contributed by atoms with Crippen molar-refractivity contribution >= 4 is 16.9 Å². The molecule has 0 amide bonds. The van der Waals surface area contributed by atoms with Crippen molar-refractivity contribution in [1.82, 2.24) is 19.7 Å². The number of nitrogens with one attached hydrogen (secondary N) is 1. The Kier molecular flexibility index (Phi) is 3.12. The van der Waals surface area contributed by atoms with Crippen molar-refractivity contribution in [2.24, 2.45) is 12.5 Å². The van der Waals surface area contributed by atoms with Gasteiger partial charge in [0.05, 0.1) is 11.6 Å². The first-order valence-electron chi connectivity index (χ1n) is 7.11. The topological polar surface area (TPSA) is 55.6 Å². The smallest absolute Gasteiger partial charge is 0.163 e. The highest BCUT2D eigenvalue weighted by molar-refractivity contribution is 5.85. The van der Waals surface area contributed by atoms with Gasteiger partial charge < -0.3 is 5.32 Å². The third-order valence-corrected chi connectivity index (χ3v) is 4.57. The lowest BCUT2D eigenvalue weighted by molar-refractivity contribution is 0.306. The van der Waals surface area contributed by atoms with Crippen molar-refractivity contribution in [3.63, 3.8) is 0 Å². The molecule has 0 aliphatic heterocycles. The highest BCUT2D eigenvalue weighted by Crippen LogP contribution is 2.41. The van der Waals surface area contributed by atoms with Crippen molar-refractivity contribution in [2.45, 2.75) is 39.0 Å². The largest absolute Gasteiger partial charge is 0.369 e. The summed E-state index contributed by atoms with van der Waals surface area (Å²) in [5.41, 5.74) is 1.34. The lowest BCUT2D eigenvalue weighted by Gasteiger charge is -2.27. The molecule has 2 aromatic rings. The Balaban J connectivity index is 1.82. The first kappa shape index (κ1) is 12.4. The van der Waals surface area contributed by atoms with Crippen LogP contribution >= 0.6 is 0 Å². The lowest BCUT2D eigenvalue weighted by Crippen LogP contribution is -2.26. The van der Waals surface area contributed by atoms with E-state index in [1.807, 2.05) is 13.2 Å². The molecule has 1 aliphatic rings. The normalized spacial score (nSPS) is 18.0. The van der Waals surface area contributed by atoms with Gasteiger partial charge in [-0.3, -0.25) is 4.68 Å². The quantitative estimate of drug-likeness (QED) is 0.917. The maximum Gasteiger partial charge on any atom is 0.163 e. The molecular weight excluding hydrogens is 238 g/mol. The molecule has 3 rings (SSSR count). The molecule has 1 N–H and O–H groups in total. The van der Waals surface area contributed by atoms with Gasteiger partial charge in [-0.05, 0) is 24.7 Å². The van der Waals surface area contributed by atoms with Gasteiger partial charge in [0.1, 0.15) is 12.1 Å². The molecule has 5 heteroatoms. The van der Waals surface area contributed by atoms with Crippen LogP contribution in [-0.2, 0) is 7.05 Å². The molecule has 0 atom stereocenters. The first-order chi connectivity index (χ1) is 9.24. The zero-order valence-corrected chi connectivity index (χ0v) is 11.7. The second-order valence-electron chi connectivity index (χ2n) is 5.64. The van der Waals surface area contributed by atoms with Gasteiger partial charge in [-0.15, -0.1) is 0 Å². The average molecular weight is 259 g/mol. The zero-order valence-electron chi connectivity index (χ0n) is 11.7. The fourth-order valence-electron chi connectivity index (χ4n) is 3.15. The summed E-state index contributed by atoms with van der Waals surface area (Å²) in [7, 11) is 1.91. The molecule has 102 valence electrons. The minimum atomic E-state index is 0.458. The molecule has 0 aromatic carbocycles. The van der Waals surface area contributed by atoms with Crippen LogP contribution in [0.3, 0.4) is 0 Å². The predicted octanol–water partition coefficient (Wildman–Crippen LogP) is 2.75. The van der Waals surface area contributed by atoms with E-state index in [1.165, 1.54) is 32.1 Å². The maximum absolute atomic E-state index is 4.37. The molecule has 0 radical (unpaired) electrons. The molecule has 1 saturated carbocycles. The van der Waals surface area contributed by atoms with Gasteiger partial charge in [-0.2, -0.15) is 5.10 Å². The summed E-state index contributed by atoms with van der Waals surface area (Å²) in [6.07, 6.45) is 10.1. The molecule has 2 aromatic heterocycles. The number of aromatic nitrogens is 4. The molecule has 0 unspecified atom stereocenters. The van der Waals surface area contributed by atoms with Crippen LogP contribution in [0.4, 0.5) is 5.82 Å². The van der Waals surface area contributed by atoms with Crippen LogP contribution < -0.4 is 5.32 Å². The minimum absolute atomic E-state index is 0.458.